The Morgan fingerprint density at radius 3 is 1.49 bits per heavy atom. The lowest BCUT2D eigenvalue weighted by Gasteiger charge is -2.18. The number of anilines is 1. The number of nitrogens with two attached hydrogens (primary N) is 1. The molecule has 2 aromatic carbocycles. The van der Waals surface area contributed by atoms with Crippen LogP contribution in [0.5, 0.6) is 0 Å². The second kappa shape index (κ2) is 20.5. The number of hydrogen-bond acceptors (Lipinski definition) is 10. The SMILES string of the molecule is COC(=O)c1ccc([C@H](C)N)cc1.COC(=O)c1ccc([C@H](C)Nc2nc(C)nc(C)c2C)cc1.Cc1nc(C)c(C)c(Cl)n1.S.S. The number of ether oxygens (including phenoxy) is 2. The van der Waals surface area contributed by atoms with Crippen molar-refractivity contribution in [1.29, 1.82) is 0 Å². The molecule has 0 aliphatic heterocycles. The average Bonchev–Trinajstić information content (AvgIpc) is 3.02. The van der Waals surface area contributed by atoms with Gasteiger partial charge in [0.2, 0.25) is 0 Å². The largest absolute Gasteiger partial charge is 0.465 e. The highest BCUT2D eigenvalue weighted by Gasteiger charge is 2.12. The molecule has 0 amide bonds. The minimum atomic E-state index is -0.329. The first kappa shape index (κ1) is 43.3. The molecule has 0 aliphatic rings. The molecule has 0 unspecified atom stereocenters. The van der Waals surface area contributed by atoms with Gasteiger partial charge in [0.15, 0.2) is 0 Å². The second-order valence-electron chi connectivity index (χ2n) is 10.5. The smallest absolute Gasteiger partial charge is 0.337 e. The Morgan fingerprint density at radius 1 is 0.681 bits per heavy atom. The van der Waals surface area contributed by atoms with E-state index in [0.717, 1.165) is 51.1 Å². The number of esters is 2. The molecule has 0 saturated carbocycles. The number of carbonyl (C=O) groups excluding carboxylic acids is 2. The van der Waals surface area contributed by atoms with Crippen molar-refractivity contribution in [3.63, 3.8) is 0 Å². The van der Waals surface area contributed by atoms with Gasteiger partial charge < -0.3 is 20.5 Å². The Hall–Kier alpha value is -3.71. The molecule has 0 spiro atoms. The van der Waals surface area contributed by atoms with Gasteiger partial charge in [0.25, 0.3) is 0 Å². The minimum absolute atomic E-state index is 0. The molecule has 4 rings (SSSR count). The van der Waals surface area contributed by atoms with Gasteiger partial charge in [-0.1, -0.05) is 35.9 Å². The average molecular weight is 703 g/mol. The zero-order valence-corrected chi connectivity index (χ0v) is 31.4. The third-order valence-corrected chi connectivity index (χ3v) is 7.35. The van der Waals surface area contributed by atoms with Crippen LogP contribution in [-0.2, 0) is 9.47 Å². The first-order valence-corrected chi connectivity index (χ1v) is 14.7. The normalized spacial score (nSPS) is 11.1. The number of methoxy groups -OCH3 is 2. The van der Waals surface area contributed by atoms with Crippen LogP contribution in [0.25, 0.3) is 0 Å². The summed E-state index contributed by atoms with van der Waals surface area (Å²) in [5, 5.41) is 3.96. The van der Waals surface area contributed by atoms with Crippen LogP contribution in [0, 0.1) is 41.5 Å². The molecule has 256 valence electrons. The number of carbonyl (C=O) groups is 2. The predicted octanol–water partition coefficient (Wildman–Crippen LogP) is 7.14. The number of rotatable bonds is 6. The fourth-order valence-electron chi connectivity index (χ4n) is 3.99. The van der Waals surface area contributed by atoms with Gasteiger partial charge in [0, 0.05) is 34.6 Å². The summed E-state index contributed by atoms with van der Waals surface area (Å²) in [6, 6.07) is 14.5. The van der Waals surface area contributed by atoms with Crippen LogP contribution >= 0.6 is 38.6 Å². The van der Waals surface area contributed by atoms with Crippen LogP contribution in [0.4, 0.5) is 5.82 Å². The van der Waals surface area contributed by atoms with Gasteiger partial charge in [-0.15, -0.1) is 0 Å². The van der Waals surface area contributed by atoms with E-state index in [1.165, 1.54) is 14.2 Å². The number of aromatic nitrogens is 4. The third kappa shape index (κ3) is 13.1. The van der Waals surface area contributed by atoms with Crippen molar-refractivity contribution in [1.82, 2.24) is 19.9 Å². The van der Waals surface area contributed by atoms with Crippen molar-refractivity contribution in [2.75, 3.05) is 19.5 Å². The Labute approximate surface area is 297 Å². The summed E-state index contributed by atoms with van der Waals surface area (Å²) >= 11 is 5.77. The molecular weight excluding hydrogens is 656 g/mol. The number of benzene rings is 2. The highest BCUT2D eigenvalue weighted by atomic mass is 35.5. The van der Waals surface area contributed by atoms with E-state index in [4.69, 9.17) is 22.1 Å². The van der Waals surface area contributed by atoms with E-state index < -0.39 is 0 Å². The predicted molar refractivity (Wildman–Crippen MR) is 198 cm³/mol. The summed E-state index contributed by atoms with van der Waals surface area (Å²) < 4.78 is 9.27. The van der Waals surface area contributed by atoms with E-state index in [2.05, 4.69) is 36.9 Å². The highest BCUT2D eigenvalue weighted by Crippen LogP contribution is 2.22. The van der Waals surface area contributed by atoms with Crippen LogP contribution in [0.3, 0.4) is 0 Å². The van der Waals surface area contributed by atoms with Gasteiger partial charge >= 0.3 is 11.9 Å². The summed E-state index contributed by atoms with van der Waals surface area (Å²) in [7, 11) is 2.74. The quantitative estimate of drug-likeness (QED) is 0.157. The molecule has 10 nitrogen and oxygen atoms in total. The molecule has 2 atom stereocenters. The monoisotopic (exact) mass is 702 g/mol. The van der Waals surface area contributed by atoms with Gasteiger partial charge in [0.1, 0.15) is 22.6 Å². The third-order valence-electron chi connectivity index (χ3n) is 6.99. The van der Waals surface area contributed by atoms with Gasteiger partial charge in [-0.2, -0.15) is 27.0 Å². The summed E-state index contributed by atoms with van der Waals surface area (Å²) in [5.74, 6) is 1.67. The van der Waals surface area contributed by atoms with Crippen LogP contribution in [0.15, 0.2) is 48.5 Å². The fraction of sp³-hybridized carbons (Fsp3) is 0.353. The Bertz CT molecular complexity index is 1580. The highest BCUT2D eigenvalue weighted by molar-refractivity contribution is 7.59. The molecule has 0 aliphatic carbocycles. The molecule has 0 radical (unpaired) electrons. The minimum Gasteiger partial charge on any atom is -0.465 e. The Morgan fingerprint density at radius 2 is 1.09 bits per heavy atom. The molecule has 0 fully saturated rings. The van der Waals surface area contributed by atoms with Crippen molar-refractivity contribution in [3.05, 3.63) is 110 Å². The van der Waals surface area contributed by atoms with E-state index in [0.29, 0.717) is 16.3 Å². The maximum atomic E-state index is 11.5. The number of aryl methyl sites for hydroxylation is 4. The zero-order valence-electron chi connectivity index (χ0n) is 28.7. The molecule has 0 saturated heterocycles. The lowest BCUT2D eigenvalue weighted by molar-refractivity contribution is 0.0592. The van der Waals surface area contributed by atoms with Gasteiger partial charge in [-0.25, -0.2) is 29.5 Å². The summed E-state index contributed by atoms with van der Waals surface area (Å²) in [6.45, 7) is 15.5. The maximum absolute atomic E-state index is 11.5. The van der Waals surface area contributed by atoms with Gasteiger partial charge in [-0.3, -0.25) is 0 Å². The van der Waals surface area contributed by atoms with Crippen LogP contribution in [-0.4, -0.2) is 46.1 Å². The summed E-state index contributed by atoms with van der Waals surface area (Å²) in [6.07, 6.45) is 0. The lowest BCUT2D eigenvalue weighted by Crippen LogP contribution is -2.11. The van der Waals surface area contributed by atoms with Crippen molar-refractivity contribution >= 4 is 56.3 Å². The first-order chi connectivity index (χ1) is 21.2. The molecule has 3 N–H and O–H groups in total. The van der Waals surface area contributed by atoms with E-state index in [1.54, 1.807) is 24.3 Å². The Kier molecular flexibility index (Phi) is 18.9. The molecule has 0 bridgehead atoms. The van der Waals surface area contributed by atoms with E-state index >= 15 is 0 Å². The van der Waals surface area contributed by atoms with Gasteiger partial charge in [-0.05, 0) is 90.8 Å². The standard InChI is InChI=1S/C17H21N3O2.C10H13NO2.C7H9ClN2.2H2S/c1-10-11(2)18-13(4)20-16(10)19-12(3)14-6-8-15(9-7-14)17(21)22-5;1-7(11)8-3-5-9(6-4-8)10(12)13-2;1-4-5(2)9-6(3)10-7(4)8;;/h6-9,12H,1-5H3,(H,18,19,20);3-7H,11H2,1-2H3;1-3H3;2*1H2/t12-;7-;;;/m00.../s1. The number of hydrogen-bond donors (Lipinski definition) is 2. The zero-order chi connectivity index (χ0) is 33.8. The number of halogens is 1. The second-order valence-corrected chi connectivity index (χ2v) is 10.8. The lowest BCUT2D eigenvalue weighted by atomic mass is 10.1. The molecule has 13 heteroatoms. The molecule has 2 heterocycles. The van der Waals surface area contributed by atoms with E-state index in [1.807, 2.05) is 72.7 Å². The van der Waals surface area contributed by atoms with Crippen LogP contribution in [0.1, 0.15) is 91.9 Å². The van der Waals surface area contributed by atoms with E-state index in [-0.39, 0.29) is 51.0 Å². The topological polar surface area (TPSA) is 142 Å². The molecular formula is C34H47ClN6O4S2. The van der Waals surface area contributed by atoms with Gasteiger partial charge in [0.05, 0.1) is 25.3 Å². The van der Waals surface area contributed by atoms with Crippen LogP contribution in [0.2, 0.25) is 5.15 Å². The summed E-state index contributed by atoms with van der Waals surface area (Å²) in [4.78, 5) is 39.4. The molecule has 4 aromatic rings. The van der Waals surface area contributed by atoms with Crippen molar-refractivity contribution in [3.8, 4) is 0 Å². The van der Waals surface area contributed by atoms with Crippen LogP contribution < -0.4 is 11.1 Å². The molecule has 47 heavy (non-hydrogen) atoms. The first-order valence-electron chi connectivity index (χ1n) is 14.4. The summed E-state index contributed by atoms with van der Waals surface area (Å²) in [5.41, 5.74) is 12.8. The molecule has 2 aromatic heterocycles. The van der Waals surface area contributed by atoms with Crippen molar-refractivity contribution < 1.29 is 19.1 Å². The number of nitrogens with one attached hydrogen (secondary N) is 1. The fourth-order valence-corrected chi connectivity index (χ4v) is 4.25. The Balaban J connectivity index is 0.000000723. The number of nitrogens with zero attached hydrogens (tertiary/aromatic N) is 4. The van der Waals surface area contributed by atoms with Crippen molar-refractivity contribution in [2.45, 2.75) is 67.5 Å². The maximum Gasteiger partial charge on any atom is 0.337 e. The van der Waals surface area contributed by atoms with E-state index in [9.17, 15) is 9.59 Å². The van der Waals surface area contributed by atoms with Crippen molar-refractivity contribution in [2.24, 2.45) is 5.73 Å².